The Morgan fingerprint density at radius 2 is 2.00 bits per heavy atom. The number of aromatic nitrogens is 1. The lowest BCUT2D eigenvalue weighted by atomic mass is 10.0. The Kier molecular flexibility index (Phi) is 5.24. The van der Waals surface area contributed by atoms with Crippen molar-refractivity contribution >= 4 is 23.2 Å². The Balaban J connectivity index is 2.32. The number of halogens is 2. The topological polar surface area (TPSA) is 48.1 Å². The molecule has 106 valence electrons. The zero-order valence-electron chi connectivity index (χ0n) is 11.1. The quantitative estimate of drug-likeness (QED) is 0.898. The first-order valence-corrected chi connectivity index (χ1v) is 7.14. The number of hydrogen-bond donors (Lipinski definition) is 1. The maximum atomic E-state index is 6.24. The third kappa shape index (κ3) is 3.63. The molecule has 2 N–H and O–H groups in total. The number of ether oxygens (including phenoxy) is 1. The molecule has 3 nitrogen and oxygen atoms in total. The first kappa shape index (κ1) is 15.1. The molecule has 0 aliphatic heterocycles. The number of hydrogen-bond acceptors (Lipinski definition) is 3. The Morgan fingerprint density at radius 3 is 2.65 bits per heavy atom. The van der Waals surface area contributed by atoms with Crippen LogP contribution in [-0.4, -0.2) is 11.0 Å². The van der Waals surface area contributed by atoms with E-state index in [0.717, 1.165) is 12.0 Å². The van der Waals surface area contributed by atoms with Crippen LogP contribution in [0.15, 0.2) is 42.7 Å². The number of nitrogens with zero attached hydrogens (tertiary/aromatic N) is 1. The zero-order valence-corrected chi connectivity index (χ0v) is 12.6. The van der Waals surface area contributed by atoms with E-state index in [1.54, 1.807) is 18.5 Å². The predicted octanol–water partition coefficient (Wildman–Crippen LogP) is 4.25. The fourth-order valence-electron chi connectivity index (χ4n) is 1.90. The van der Waals surface area contributed by atoms with E-state index in [0.29, 0.717) is 15.8 Å². The van der Waals surface area contributed by atoms with Gasteiger partial charge in [0, 0.05) is 28.9 Å². The molecule has 20 heavy (non-hydrogen) atoms. The van der Waals surface area contributed by atoms with Crippen molar-refractivity contribution in [2.45, 2.75) is 25.5 Å². The van der Waals surface area contributed by atoms with Crippen molar-refractivity contribution in [3.63, 3.8) is 0 Å². The molecule has 2 rings (SSSR count). The van der Waals surface area contributed by atoms with E-state index in [-0.39, 0.29) is 12.1 Å². The predicted molar refractivity (Wildman–Crippen MR) is 82.3 cm³/mol. The van der Waals surface area contributed by atoms with Gasteiger partial charge in [-0.05, 0) is 12.5 Å². The minimum absolute atomic E-state index is 0.172. The summed E-state index contributed by atoms with van der Waals surface area (Å²) >= 11 is 12.2. The van der Waals surface area contributed by atoms with E-state index >= 15 is 0 Å². The average Bonchev–Trinajstić information content (AvgIpc) is 2.45. The number of benzene rings is 1. The molecule has 0 saturated heterocycles. The summed E-state index contributed by atoms with van der Waals surface area (Å²) in [5.74, 6) is 0.575. The van der Waals surface area contributed by atoms with Crippen molar-refractivity contribution in [1.29, 1.82) is 0 Å². The minimum atomic E-state index is -0.339. The van der Waals surface area contributed by atoms with Crippen LogP contribution in [0.2, 0.25) is 10.0 Å². The van der Waals surface area contributed by atoms with E-state index in [9.17, 15) is 0 Å². The fraction of sp³-hybridized carbons (Fsp3) is 0.267. The summed E-state index contributed by atoms with van der Waals surface area (Å²) in [6, 6.07) is 9.07. The van der Waals surface area contributed by atoms with Crippen molar-refractivity contribution in [3.05, 3.63) is 58.3 Å². The Hall–Kier alpha value is -1.29. The van der Waals surface area contributed by atoms with E-state index in [4.69, 9.17) is 33.7 Å². The highest BCUT2D eigenvalue weighted by Gasteiger charge is 2.23. The van der Waals surface area contributed by atoms with E-state index < -0.39 is 0 Å². The maximum absolute atomic E-state index is 6.24. The molecule has 0 radical (unpaired) electrons. The molecule has 2 atom stereocenters. The molecule has 1 aromatic heterocycles. The van der Waals surface area contributed by atoms with Crippen molar-refractivity contribution in [2.24, 2.45) is 5.73 Å². The molecular weight excluding hydrogens is 295 g/mol. The smallest absolute Gasteiger partial charge is 0.140 e. The van der Waals surface area contributed by atoms with Crippen molar-refractivity contribution < 1.29 is 4.74 Å². The summed E-state index contributed by atoms with van der Waals surface area (Å²) in [4.78, 5) is 4.01. The minimum Gasteiger partial charge on any atom is -0.482 e. The second-order valence-corrected chi connectivity index (χ2v) is 5.31. The average molecular weight is 311 g/mol. The van der Waals surface area contributed by atoms with Crippen LogP contribution in [0.25, 0.3) is 0 Å². The molecule has 0 spiro atoms. The Morgan fingerprint density at radius 1 is 1.25 bits per heavy atom. The van der Waals surface area contributed by atoms with E-state index in [1.807, 2.05) is 31.2 Å². The molecule has 0 amide bonds. The summed E-state index contributed by atoms with van der Waals surface area (Å²) in [7, 11) is 0. The molecular formula is C15H16Cl2N2O. The summed E-state index contributed by atoms with van der Waals surface area (Å²) in [6.45, 7) is 2.01. The fourth-order valence-corrected chi connectivity index (χ4v) is 2.31. The number of pyridine rings is 1. The van der Waals surface area contributed by atoms with Gasteiger partial charge in [0.25, 0.3) is 0 Å². The van der Waals surface area contributed by atoms with Gasteiger partial charge in [0.15, 0.2) is 0 Å². The van der Waals surface area contributed by atoms with Crippen LogP contribution >= 0.6 is 23.2 Å². The lowest BCUT2D eigenvalue weighted by Gasteiger charge is -2.25. The Bertz CT molecular complexity index is 577. The SMILES string of the molecule is CCC(N)C(Oc1cncc(Cl)c1)c1ccccc1Cl. The van der Waals surface area contributed by atoms with E-state index in [1.165, 1.54) is 0 Å². The van der Waals surface area contributed by atoms with Crippen molar-refractivity contribution in [3.8, 4) is 5.75 Å². The Labute approximate surface area is 128 Å². The van der Waals surface area contributed by atoms with Gasteiger partial charge in [-0.25, -0.2) is 0 Å². The third-order valence-corrected chi connectivity index (χ3v) is 3.57. The summed E-state index contributed by atoms with van der Waals surface area (Å²) < 4.78 is 5.96. The van der Waals surface area contributed by atoms with Crippen LogP contribution in [-0.2, 0) is 0 Å². The van der Waals surface area contributed by atoms with Crippen LogP contribution < -0.4 is 10.5 Å². The van der Waals surface area contributed by atoms with Gasteiger partial charge in [-0.3, -0.25) is 4.98 Å². The van der Waals surface area contributed by atoms with Gasteiger partial charge in [0.2, 0.25) is 0 Å². The lowest BCUT2D eigenvalue weighted by Crippen LogP contribution is -2.31. The van der Waals surface area contributed by atoms with Gasteiger partial charge in [-0.2, -0.15) is 0 Å². The van der Waals surface area contributed by atoms with E-state index in [2.05, 4.69) is 4.98 Å². The summed E-state index contributed by atoms with van der Waals surface area (Å²) in [5, 5.41) is 1.15. The molecule has 5 heteroatoms. The van der Waals surface area contributed by atoms with Crippen LogP contribution in [0.1, 0.15) is 25.0 Å². The molecule has 0 bridgehead atoms. The van der Waals surface area contributed by atoms with Gasteiger partial charge in [-0.15, -0.1) is 0 Å². The molecule has 0 aliphatic carbocycles. The summed E-state index contributed by atoms with van der Waals surface area (Å²) in [5.41, 5.74) is 7.03. The molecule has 2 aromatic rings. The first-order chi connectivity index (χ1) is 9.61. The molecule has 2 unspecified atom stereocenters. The zero-order chi connectivity index (χ0) is 14.5. The number of nitrogens with two attached hydrogens (primary N) is 1. The monoisotopic (exact) mass is 310 g/mol. The molecule has 0 fully saturated rings. The second-order valence-electron chi connectivity index (χ2n) is 4.47. The summed E-state index contributed by atoms with van der Waals surface area (Å²) in [6.07, 6.45) is 3.59. The molecule has 1 heterocycles. The largest absolute Gasteiger partial charge is 0.482 e. The number of rotatable bonds is 5. The third-order valence-electron chi connectivity index (χ3n) is 3.01. The molecule has 0 aliphatic rings. The highest BCUT2D eigenvalue weighted by molar-refractivity contribution is 6.31. The standard InChI is InChI=1S/C15H16Cl2N2O/c1-2-14(18)15(12-5-3-4-6-13(12)17)20-11-7-10(16)8-19-9-11/h3-9,14-15H,2,18H2,1H3. The van der Waals surface area contributed by atoms with Crippen LogP contribution in [0.5, 0.6) is 5.75 Å². The van der Waals surface area contributed by atoms with Gasteiger partial charge in [-0.1, -0.05) is 48.3 Å². The molecule has 1 aromatic carbocycles. The van der Waals surface area contributed by atoms with Crippen LogP contribution in [0.4, 0.5) is 0 Å². The van der Waals surface area contributed by atoms with Crippen molar-refractivity contribution in [1.82, 2.24) is 4.98 Å². The maximum Gasteiger partial charge on any atom is 0.140 e. The van der Waals surface area contributed by atoms with Crippen LogP contribution in [0, 0.1) is 0 Å². The van der Waals surface area contributed by atoms with Gasteiger partial charge >= 0.3 is 0 Å². The van der Waals surface area contributed by atoms with Gasteiger partial charge in [0.05, 0.1) is 11.2 Å². The first-order valence-electron chi connectivity index (χ1n) is 6.39. The van der Waals surface area contributed by atoms with Gasteiger partial charge in [0.1, 0.15) is 11.9 Å². The normalized spacial score (nSPS) is 13.8. The lowest BCUT2D eigenvalue weighted by molar-refractivity contribution is 0.170. The van der Waals surface area contributed by atoms with Gasteiger partial charge < -0.3 is 10.5 Å². The van der Waals surface area contributed by atoms with Crippen LogP contribution in [0.3, 0.4) is 0 Å². The highest BCUT2D eigenvalue weighted by Crippen LogP contribution is 2.30. The molecule has 0 saturated carbocycles. The second kappa shape index (κ2) is 6.93. The highest BCUT2D eigenvalue weighted by atomic mass is 35.5. The van der Waals surface area contributed by atoms with Crippen molar-refractivity contribution in [2.75, 3.05) is 0 Å².